The Balaban J connectivity index is 0.000000349. The molecule has 4 aromatic rings. The van der Waals surface area contributed by atoms with Gasteiger partial charge in [-0.15, -0.1) is 0 Å². The molecule has 0 aliphatic carbocycles. The Morgan fingerprint density at radius 3 is 2.26 bits per heavy atom. The predicted molar refractivity (Wildman–Crippen MR) is 171 cm³/mol. The summed E-state index contributed by atoms with van der Waals surface area (Å²) < 4.78 is 67.0. The summed E-state index contributed by atoms with van der Waals surface area (Å²) in [5, 5.41) is 13.1. The van der Waals surface area contributed by atoms with Crippen LogP contribution in [0.4, 0.5) is 65.9 Å². The number of rotatable bonds is 4. The van der Waals surface area contributed by atoms with Gasteiger partial charge in [0.15, 0.2) is 5.82 Å². The number of nitrogens with zero attached hydrogens (tertiary/aromatic N) is 5. The van der Waals surface area contributed by atoms with E-state index in [0.29, 0.717) is 29.3 Å². The highest BCUT2D eigenvalue weighted by Crippen LogP contribution is 2.30. The standard InChI is InChI=1S/C27H26ClN9O.C4F6O2/c28-22-15-31-25-33-19-4-1-3-17(13-19)5-6-18-14-20(32-24(22)36-25)7-8-23(18)35-27(38)34-21-9-12-37(16-21)26-29-10-2-11-30-26;5-3(6,7)1(11)2(12)4(8,9)10/h1-4,7-8,10-11,13-15,21H,5-6,9,12,16H2,(H2,34,35,38)(H2,31,32,33,36);/t21-;/m0./s1. The molecule has 6 rings (SSSR count). The molecule has 2 amide bonds. The van der Waals surface area contributed by atoms with E-state index in [1.165, 1.54) is 0 Å². The van der Waals surface area contributed by atoms with E-state index < -0.39 is 23.9 Å². The number of carbonyl (C=O) groups is 3. The fourth-order valence-electron chi connectivity index (χ4n) is 4.98. The number of aromatic nitrogens is 4. The lowest BCUT2D eigenvalue weighted by atomic mass is 10.0. The van der Waals surface area contributed by atoms with Gasteiger partial charge in [0.05, 0.1) is 6.20 Å². The molecule has 0 radical (unpaired) electrons. The SMILES string of the molecule is O=C(C(=O)C(F)(F)F)C(F)(F)F.O=C(Nc1ccc2cc1CCc1cccc(c1)Nc1ncc(Cl)c(n1)N2)N[C@H]1CCN(c2ncccn2)C1. The number of amides is 2. The molecule has 2 aromatic heterocycles. The Labute approximate surface area is 284 Å². The molecule has 19 heteroatoms. The maximum atomic E-state index is 13.0. The first-order valence-corrected chi connectivity index (χ1v) is 15.1. The number of carbonyl (C=O) groups excluding carboxylic acids is 3. The minimum atomic E-state index is -5.77. The molecule has 4 N–H and O–H groups in total. The number of ketones is 2. The van der Waals surface area contributed by atoms with Gasteiger partial charge in [0, 0.05) is 48.6 Å². The van der Waals surface area contributed by atoms with Crippen LogP contribution >= 0.6 is 11.6 Å². The molecular formula is C31H26ClF6N9O3. The molecule has 12 nitrogen and oxygen atoms in total. The summed E-state index contributed by atoms with van der Waals surface area (Å²) in [6, 6.07) is 15.5. The summed E-state index contributed by atoms with van der Waals surface area (Å²) in [6.45, 7) is 1.46. The van der Waals surface area contributed by atoms with Crippen molar-refractivity contribution in [2.24, 2.45) is 0 Å². The third kappa shape index (κ3) is 9.34. The molecule has 4 heterocycles. The van der Waals surface area contributed by atoms with Crippen LogP contribution in [0.5, 0.6) is 0 Å². The van der Waals surface area contributed by atoms with E-state index in [1.807, 2.05) is 30.3 Å². The third-order valence-corrected chi connectivity index (χ3v) is 7.58. The largest absolute Gasteiger partial charge is 0.458 e. The van der Waals surface area contributed by atoms with Crippen molar-refractivity contribution in [3.05, 3.63) is 83.3 Å². The predicted octanol–water partition coefficient (Wildman–Crippen LogP) is 6.16. The van der Waals surface area contributed by atoms with Crippen LogP contribution in [0.25, 0.3) is 0 Å². The summed E-state index contributed by atoms with van der Waals surface area (Å²) in [6.07, 6.45) is -4.17. The van der Waals surface area contributed by atoms with Gasteiger partial charge in [-0.25, -0.2) is 19.7 Å². The Hall–Kier alpha value is -5.52. The number of anilines is 6. The number of hydrogen-bond donors (Lipinski definition) is 4. The number of fused-ring (bicyclic) bond motifs is 6. The zero-order valence-electron chi connectivity index (χ0n) is 25.6. The van der Waals surface area contributed by atoms with Crippen LogP contribution in [0, 0.1) is 0 Å². The van der Waals surface area contributed by atoms with Gasteiger partial charge in [0.2, 0.25) is 11.9 Å². The zero-order chi connectivity index (χ0) is 36.1. The Kier molecular flexibility index (Phi) is 10.7. The number of urea groups is 1. The first kappa shape index (κ1) is 35.8. The highest BCUT2D eigenvalue weighted by atomic mass is 35.5. The molecule has 50 heavy (non-hydrogen) atoms. The number of hydrogen-bond acceptors (Lipinski definition) is 10. The molecule has 2 aromatic carbocycles. The number of nitrogens with one attached hydrogen (secondary N) is 4. The number of halogens is 7. The van der Waals surface area contributed by atoms with Crippen molar-refractivity contribution in [2.75, 3.05) is 33.9 Å². The van der Waals surface area contributed by atoms with Gasteiger partial charge in [-0.1, -0.05) is 23.7 Å². The van der Waals surface area contributed by atoms with Crippen molar-refractivity contribution in [1.29, 1.82) is 0 Å². The van der Waals surface area contributed by atoms with Gasteiger partial charge in [0.1, 0.15) is 5.02 Å². The van der Waals surface area contributed by atoms with Crippen molar-refractivity contribution in [3.63, 3.8) is 0 Å². The Morgan fingerprint density at radius 1 is 0.860 bits per heavy atom. The van der Waals surface area contributed by atoms with Gasteiger partial charge in [-0.3, -0.25) is 9.59 Å². The quantitative estimate of drug-likeness (QED) is 0.142. The highest BCUT2D eigenvalue weighted by Gasteiger charge is 2.54. The van der Waals surface area contributed by atoms with Crippen molar-refractivity contribution < 1.29 is 40.7 Å². The number of aryl methyl sites for hydroxylation is 2. The Morgan fingerprint density at radius 2 is 1.56 bits per heavy atom. The summed E-state index contributed by atoms with van der Waals surface area (Å²) in [5.41, 5.74) is 4.63. The van der Waals surface area contributed by atoms with E-state index in [0.717, 1.165) is 54.0 Å². The van der Waals surface area contributed by atoms with Crippen molar-refractivity contribution in [2.45, 2.75) is 37.7 Å². The van der Waals surface area contributed by atoms with Crippen LogP contribution in [0.1, 0.15) is 17.5 Å². The second kappa shape index (κ2) is 14.9. The lowest BCUT2D eigenvalue weighted by Gasteiger charge is -2.18. The molecule has 1 fully saturated rings. The van der Waals surface area contributed by atoms with E-state index in [2.05, 4.69) is 58.2 Å². The average molecular weight is 722 g/mol. The van der Waals surface area contributed by atoms with Crippen LogP contribution in [0.15, 0.2) is 67.1 Å². The van der Waals surface area contributed by atoms with Gasteiger partial charge in [0.25, 0.3) is 0 Å². The molecule has 0 spiro atoms. The van der Waals surface area contributed by atoms with Crippen molar-refractivity contribution in [3.8, 4) is 0 Å². The van der Waals surface area contributed by atoms with E-state index in [9.17, 15) is 40.7 Å². The second-order valence-electron chi connectivity index (χ2n) is 10.9. The summed E-state index contributed by atoms with van der Waals surface area (Å²) in [7, 11) is 0. The van der Waals surface area contributed by atoms with Crippen LogP contribution < -0.4 is 26.2 Å². The lowest BCUT2D eigenvalue weighted by molar-refractivity contribution is -0.193. The average Bonchev–Trinajstić information content (AvgIpc) is 3.53. The molecule has 1 atom stereocenters. The first-order chi connectivity index (χ1) is 23.7. The van der Waals surface area contributed by atoms with Gasteiger partial charge >= 0.3 is 30.0 Å². The maximum absolute atomic E-state index is 13.0. The van der Waals surface area contributed by atoms with Crippen LogP contribution in [-0.4, -0.2) is 69.0 Å². The molecule has 6 bridgehead atoms. The van der Waals surface area contributed by atoms with Crippen LogP contribution in [0.2, 0.25) is 5.02 Å². The second-order valence-corrected chi connectivity index (χ2v) is 11.4. The monoisotopic (exact) mass is 721 g/mol. The molecule has 0 saturated carbocycles. The molecular weight excluding hydrogens is 696 g/mol. The molecule has 2 aliphatic heterocycles. The summed E-state index contributed by atoms with van der Waals surface area (Å²) in [5.74, 6) is -5.18. The van der Waals surface area contributed by atoms with Gasteiger partial charge in [-0.2, -0.15) is 31.3 Å². The fraction of sp³-hybridized carbons (Fsp3) is 0.258. The fourth-order valence-corrected chi connectivity index (χ4v) is 5.12. The summed E-state index contributed by atoms with van der Waals surface area (Å²) in [4.78, 5) is 51.8. The maximum Gasteiger partial charge on any atom is 0.458 e. The van der Waals surface area contributed by atoms with Gasteiger partial charge in [-0.05, 0) is 66.8 Å². The number of alkyl halides is 6. The minimum Gasteiger partial charge on any atom is -0.339 e. The van der Waals surface area contributed by atoms with E-state index in [-0.39, 0.29) is 12.1 Å². The van der Waals surface area contributed by atoms with E-state index in [1.54, 1.807) is 24.7 Å². The van der Waals surface area contributed by atoms with Crippen LogP contribution in [0.3, 0.4) is 0 Å². The topological polar surface area (TPSA) is 154 Å². The molecule has 2 aliphatic rings. The number of Topliss-reactive ketones (excluding diaryl/α,β-unsaturated/α-hetero) is 2. The molecule has 1 saturated heterocycles. The zero-order valence-corrected chi connectivity index (χ0v) is 26.3. The van der Waals surface area contributed by atoms with E-state index in [4.69, 9.17) is 11.6 Å². The first-order valence-electron chi connectivity index (χ1n) is 14.8. The van der Waals surface area contributed by atoms with E-state index >= 15 is 0 Å². The van der Waals surface area contributed by atoms with Gasteiger partial charge < -0.3 is 26.2 Å². The highest BCUT2D eigenvalue weighted by molar-refractivity contribution is 6.41. The third-order valence-electron chi connectivity index (χ3n) is 7.31. The summed E-state index contributed by atoms with van der Waals surface area (Å²) >= 11 is 6.37. The van der Waals surface area contributed by atoms with Crippen molar-refractivity contribution >= 4 is 64.0 Å². The lowest BCUT2D eigenvalue weighted by Crippen LogP contribution is -2.40. The molecule has 0 unspecified atom stereocenters. The Bertz CT molecular complexity index is 1860. The molecule has 262 valence electrons. The number of benzene rings is 2. The minimum absolute atomic E-state index is 0.00847. The van der Waals surface area contributed by atoms with Crippen LogP contribution in [-0.2, 0) is 22.4 Å². The smallest absolute Gasteiger partial charge is 0.339 e. The van der Waals surface area contributed by atoms with Crippen molar-refractivity contribution in [1.82, 2.24) is 25.3 Å². The normalized spacial score (nSPS) is 15.4.